The summed E-state index contributed by atoms with van der Waals surface area (Å²) in [6.45, 7) is 1.25. The van der Waals surface area contributed by atoms with Gasteiger partial charge in [-0.25, -0.2) is 12.8 Å². The van der Waals surface area contributed by atoms with Crippen LogP contribution >= 0.6 is 23.1 Å². The molecule has 0 N–H and O–H groups in total. The Bertz CT molecular complexity index is 832. The number of sulfonamides is 1. The van der Waals surface area contributed by atoms with E-state index in [-0.39, 0.29) is 30.6 Å². The molecule has 0 bridgehead atoms. The lowest BCUT2D eigenvalue weighted by Crippen LogP contribution is -2.50. The number of nitrogens with zero attached hydrogens (tertiary/aromatic N) is 2. The molecule has 1 saturated heterocycles. The summed E-state index contributed by atoms with van der Waals surface area (Å²) in [6, 6.07) is 9.62. The van der Waals surface area contributed by atoms with Crippen molar-refractivity contribution in [2.75, 3.05) is 31.9 Å². The monoisotopic (exact) mass is 400 g/mol. The largest absolute Gasteiger partial charge is 0.339 e. The van der Waals surface area contributed by atoms with Gasteiger partial charge in [0.15, 0.2) is 0 Å². The molecule has 1 aromatic heterocycles. The van der Waals surface area contributed by atoms with Crippen LogP contribution in [-0.4, -0.2) is 55.5 Å². The van der Waals surface area contributed by atoms with Crippen molar-refractivity contribution in [3.05, 3.63) is 47.6 Å². The van der Waals surface area contributed by atoms with Crippen molar-refractivity contribution in [2.24, 2.45) is 0 Å². The molecule has 0 saturated carbocycles. The number of carbonyl (C=O) groups excluding carboxylic acids is 1. The predicted octanol–water partition coefficient (Wildman–Crippen LogP) is 2.51. The molecule has 2 heterocycles. The average Bonchev–Trinajstić information content (AvgIpc) is 3.16. The molecule has 1 aromatic carbocycles. The number of halogens is 1. The fraction of sp³-hybridized carbons (Fsp3) is 0.312. The maximum atomic E-state index is 13.6. The van der Waals surface area contributed by atoms with E-state index >= 15 is 0 Å². The summed E-state index contributed by atoms with van der Waals surface area (Å²) in [5.41, 5.74) is 0. The van der Waals surface area contributed by atoms with Crippen LogP contribution in [0.15, 0.2) is 50.9 Å². The summed E-state index contributed by atoms with van der Waals surface area (Å²) < 4.78 is 40.2. The van der Waals surface area contributed by atoms with Crippen molar-refractivity contribution < 1.29 is 17.6 Å². The van der Waals surface area contributed by atoms with Crippen molar-refractivity contribution in [1.82, 2.24) is 9.21 Å². The molecule has 0 radical (unpaired) electrons. The minimum atomic E-state index is -3.47. The Labute approximate surface area is 154 Å². The van der Waals surface area contributed by atoms with Gasteiger partial charge in [-0.3, -0.25) is 4.79 Å². The lowest BCUT2D eigenvalue weighted by Gasteiger charge is -2.33. The Balaban J connectivity index is 1.54. The molecule has 2 aromatic rings. The topological polar surface area (TPSA) is 57.7 Å². The van der Waals surface area contributed by atoms with Crippen LogP contribution in [0.3, 0.4) is 0 Å². The molecule has 1 fully saturated rings. The van der Waals surface area contributed by atoms with Crippen LogP contribution in [0.1, 0.15) is 0 Å². The number of carbonyl (C=O) groups is 1. The molecule has 1 amide bonds. The highest BCUT2D eigenvalue weighted by atomic mass is 32.2. The first-order valence-electron chi connectivity index (χ1n) is 7.67. The van der Waals surface area contributed by atoms with E-state index < -0.39 is 10.0 Å². The highest BCUT2D eigenvalue weighted by molar-refractivity contribution is 8.00. The van der Waals surface area contributed by atoms with Crippen LogP contribution in [0.25, 0.3) is 0 Å². The highest BCUT2D eigenvalue weighted by Crippen LogP contribution is 2.24. The molecule has 1 aliphatic heterocycles. The Morgan fingerprint density at radius 1 is 1.12 bits per heavy atom. The second-order valence-corrected chi connectivity index (χ2v) is 9.57. The van der Waals surface area contributed by atoms with Gasteiger partial charge in [0.05, 0.1) is 5.75 Å². The van der Waals surface area contributed by atoms with Crippen molar-refractivity contribution in [3.63, 3.8) is 0 Å². The van der Waals surface area contributed by atoms with Crippen LogP contribution in [0.5, 0.6) is 0 Å². The summed E-state index contributed by atoms with van der Waals surface area (Å²) in [5, 5.41) is 1.73. The van der Waals surface area contributed by atoms with Gasteiger partial charge in [0.2, 0.25) is 5.91 Å². The minimum Gasteiger partial charge on any atom is -0.339 e. The van der Waals surface area contributed by atoms with Gasteiger partial charge < -0.3 is 4.90 Å². The van der Waals surface area contributed by atoms with Gasteiger partial charge >= 0.3 is 0 Å². The van der Waals surface area contributed by atoms with Crippen LogP contribution in [0.4, 0.5) is 4.39 Å². The number of piperazine rings is 1. The Morgan fingerprint density at radius 2 is 1.84 bits per heavy atom. The van der Waals surface area contributed by atoms with Crippen molar-refractivity contribution in [2.45, 2.75) is 9.10 Å². The lowest BCUT2D eigenvalue weighted by molar-refractivity contribution is -0.129. The zero-order valence-electron chi connectivity index (χ0n) is 13.3. The Morgan fingerprint density at radius 3 is 2.48 bits per heavy atom. The zero-order chi connectivity index (χ0) is 17.9. The Kier molecular flexibility index (Phi) is 5.78. The van der Waals surface area contributed by atoms with E-state index in [0.29, 0.717) is 22.2 Å². The number of amides is 1. The predicted molar refractivity (Wildman–Crippen MR) is 96.8 cm³/mol. The van der Waals surface area contributed by atoms with Gasteiger partial charge in [0, 0.05) is 31.1 Å². The third-order valence-corrected chi connectivity index (χ3v) is 8.17. The van der Waals surface area contributed by atoms with Gasteiger partial charge in [-0.15, -0.1) is 23.1 Å². The SMILES string of the molecule is O=C(CSc1ccccc1F)N1CCN(S(=O)(=O)c2cccs2)CC1. The third kappa shape index (κ3) is 4.22. The summed E-state index contributed by atoms with van der Waals surface area (Å²) in [5.74, 6) is -0.313. The van der Waals surface area contributed by atoms with E-state index in [4.69, 9.17) is 0 Å². The summed E-state index contributed by atoms with van der Waals surface area (Å²) in [7, 11) is -3.47. The molecule has 0 spiro atoms. The second kappa shape index (κ2) is 7.86. The molecular weight excluding hydrogens is 383 g/mol. The smallest absolute Gasteiger partial charge is 0.252 e. The molecule has 134 valence electrons. The summed E-state index contributed by atoms with van der Waals surface area (Å²) >= 11 is 2.35. The molecule has 5 nitrogen and oxygen atoms in total. The normalized spacial score (nSPS) is 16.1. The minimum absolute atomic E-state index is 0.110. The van der Waals surface area contributed by atoms with Crippen LogP contribution in [0, 0.1) is 5.82 Å². The van der Waals surface area contributed by atoms with Crippen molar-refractivity contribution in [3.8, 4) is 0 Å². The number of rotatable bonds is 5. The second-order valence-electron chi connectivity index (χ2n) is 5.44. The number of hydrogen-bond acceptors (Lipinski definition) is 5. The quantitative estimate of drug-likeness (QED) is 0.724. The number of benzene rings is 1. The zero-order valence-corrected chi connectivity index (χ0v) is 15.7. The van der Waals surface area contributed by atoms with Crippen LogP contribution in [-0.2, 0) is 14.8 Å². The van der Waals surface area contributed by atoms with E-state index in [1.54, 1.807) is 40.6 Å². The Hall–Kier alpha value is -1.42. The summed E-state index contributed by atoms with van der Waals surface area (Å²) in [4.78, 5) is 14.4. The first kappa shape index (κ1) is 18.4. The molecule has 0 unspecified atom stereocenters. The van der Waals surface area contributed by atoms with E-state index in [1.807, 2.05) is 0 Å². The highest BCUT2D eigenvalue weighted by Gasteiger charge is 2.30. The maximum Gasteiger partial charge on any atom is 0.252 e. The van der Waals surface area contributed by atoms with E-state index in [0.717, 1.165) is 11.8 Å². The van der Waals surface area contributed by atoms with Crippen molar-refractivity contribution >= 4 is 39.0 Å². The van der Waals surface area contributed by atoms with Crippen molar-refractivity contribution in [1.29, 1.82) is 0 Å². The molecule has 1 aliphatic rings. The summed E-state index contributed by atoms with van der Waals surface area (Å²) in [6.07, 6.45) is 0. The molecule has 9 heteroatoms. The first-order chi connectivity index (χ1) is 12.0. The molecule has 25 heavy (non-hydrogen) atoms. The molecule has 3 rings (SSSR count). The first-order valence-corrected chi connectivity index (χ1v) is 11.0. The number of hydrogen-bond donors (Lipinski definition) is 0. The van der Waals surface area contributed by atoms with Crippen LogP contribution < -0.4 is 0 Å². The van der Waals surface area contributed by atoms with Gasteiger partial charge in [0.1, 0.15) is 10.0 Å². The number of thiophene rings is 1. The standard InChI is InChI=1S/C16H17FN2O3S3/c17-13-4-1-2-5-14(13)24-12-15(20)18-7-9-19(10-8-18)25(21,22)16-6-3-11-23-16/h1-6,11H,7-10,12H2. The van der Waals surface area contributed by atoms with Crippen LogP contribution in [0.2, 0.25) is 0 Å². The molecular formula is C16H17FN2O3S3. The average molecular weight is 401 g/mol. The fourth-order valence-electron chi connectivity index (χ4n) is 2.51. The molecule has 0 atom stereocenters. The number of thioether (sulfide) groups is 1. The fourth-order valence-corrected chi connectivity index (χ4v) is 5.92. The lowest BCUT2D eigenvalue weighted by atomic mass is 10.3. The maximum absolute atomic E-state index is 13.6. The van der Waals surface area contributed by atoms with E-state index in [2.05, 4.69) is 0 Å². The van der Waals surface area contributed by atoms with E-state index in [1.165, 1.54) is 21.7 Å². The third-order valence-electron chi connectivity index (χ3n) is 3.87. The van der Waals surface area contributed by atoms with Gasteiger partial charge in [-0.2, -0.15) is 4.31 Å². The van der Waals surface area contributed by atoms with E-state index in [9.17, 15) is 17.6 Å². The van der Waals surface area contributed by atoms with Gasteiger partial charge in [-0.1, -0.05) is 18.2 Å². The molecule has 0 aliphatic carbocycles. The van der Waals surface area contributed by atoms with Gasteiger partial charge in [-0.05, 0) is 23.6 Å². The van der Waals surface area contributed by atoms with Gasteiger partial charge in [0.25, 0.3) is 10.0 Å².